The highest BCUT2D eigenvalue weighted by Gasteiger charge is 2.19. The quantitative estimate of drug-likeness (QED) is 0.293. The van der Waals surface area contributed by atoms with Gasteiger partial charge in [-0.15, -0.1) is 35.3 Å². The number of unbranched alkanes of at least 4 members (excludes halogenated alkanes) is 3. The van der Waals surface area contributed by atoms with E-state index < -0.39 is 0 Å². The highest BCUT2D eigenvalue weighted by Crippen LogP contribution is 2.18. The molecule has 0 aromatic carbocycles. The molecule has 8 heteroatoms. The first-order chi connectivity index (χ1) is 10.3. The van der Waals surface area contributed by atoms with Gasteiger partial charge >= 0.3 is 0 Å². The predicted octanol–water partition coefficient (Wildman–Crippen LogP) is 1.75. The van der Waals surface area contributed by atoms with Crippen molar-refractivity contribution in [2.45, 2.75) is 25.7 Å². The second-order valence-electron chi connectivity index (χ2n) is 5.17. The van der Waals surface area contributed by atoms with Crippen LogP contribution in [0.25, 0.3) is 0 Å². The molecule has 22 heavy (non-hydrogen) atoms. The van der Waals surface area contributed by atoms with Gasteiger partial charge in [-0.25, -0.2) is 4.98 Å². The fourth-order valence-corrected chi connectivity index (χ4v) is 3.07. The van der Waals surface area contributed by atoms with Crippen LogP contribution in [0, 0.1) is 0 Å². The number of hydrogen-bond donors (Lipinski definition) is 2. The number of aromatic nitrogens is 1. The van der Waals surface area contributed by atoms with E-state index in [1.807, 2.05) is 11.6 Å². The number of thiazole rings is 1. The Balaban J connectivity index is 0.00000242. The zero-order chi connectivity index (χ0) is 14.9. The molecule has 0 atom stereocenters. The van der Waals surface area contributed by atoms with E-state index >= 15 is 0 Å². The summed E-state index contributed by atoms with van der Waals surface area (Å²) in [6.45, 7) is 4.76. The zero-order valence-corrected chi connectivity index (χ0v) is 16.0. The average Bonchev–Trinajstić information content (AvgIpc) is 3.05. The van der Waals surface area contributed by atoms with Crippen molar-refractivity contribution in [3.63, 3.8) is 0 Å². The summed E-state index contributed by atoms with van der Waals surface area (Å²) in [5, 5.41) is 11.8. The summed E-state index contributed by atoms with van der Waals surface area (Å²) >= 11 is 1.68. The van der Waals surface area contributed by atoms with Gasteiger partial charge in [0.25, 0.3) is 0 Å². The Kier molecular flexibility index (Phi) is 9.73. The van der Waals surface area contributed by atoms with Crippen LogP contribution in [0.15, 0.2) is 16.6 Å². The number of guanidine groups is 1. The number of aliphatic hydroxyl groups is 1. The van der Waals surface area contributed by atoms with Crippen molar-refractivity contribution < 1.29 is 5.11 Å². The number of hydrogen-bond acceptors (Lipinski definition) is 5. The Morgan fingerprint density at radius 3 is 2.59 bits per heavy atom. The van der Waals surface area contributed by atoms with Crippen LogP contribution in [0.3, 0.4) is 0 Å². The lowest BCUT2D eigenvalue weighted by Gasteiger charge is -2.35. The molecule has 1 fully saturated rings. The summed E-state index contributed by atoms with van der Waals surface area (Å²) in [7, 11) is 0. The molecular weight excluding hydrogens is 413 g/mol. The van der Waals surface area contributed by atoms with Crippen molar-refractivity contribution in [3.8, 4) is 0 Å². The molecule has 0 radical (unpaired) electrons. The molecule has 2 rings (SSSR count). The Labute approximate surface area is 153 Å². The monoisotopic (exact) mass is 439 g/mol. The van der Waals surface area contributed by atoms with E-state index in [1.165, 1.54) is 0 Å². The molecule has 0 bridgehead atoms. The molecule has 2 heterocycles. The van der Waals surface area contributed by atoms with Crippen LogP contribution in [-0.4, -0.2) is 60.3 Å². The molecule has 6 nitrogen and oxygen atoms in total. The molecule has 3 N–H and O–H groups in total. The molecule has 1 aliphatic rings. The minimum Gasteiger partial charge on any atom is -0.396 e. The van der Waals surface area contributed by atoms with Crippen LogP contribution >= 0.6 is 35.3 Å². The number of nitrogens with zero attached hydrogens (tertiary/aromatic N) is 4. The number of aliphatic imine (C=N–C) groups is 1. The van der Waals surface area contributed by atoms with Gasteiger partial charge in [0.1, 0.15) is 0 Å². The minimum atomic E-state index is 0. The van der Waals surface area contributed by atoms with Crippen LogP contribution in [0.5, 0.6) is 0 Å². The summed E-state index contributed by atoms with van der Waals surface area (Å²) in [6, 6.07) is 0. The average molecular weight is 439 g/mol. The maximum Gasteiger partial charge on any atom is 0.191 e. The Morgan fingerprint density at radius 1 is 1.23 bits per heavy atom. The Bertz CT molecular complexity index is 421. The molecule has 0 unspecified atom stereocenters. The van der Waals surface area contributed by atoms with E-state index in [4.69, 9.17) is 10.8 Å². The van der Waals surface area contributed by atoms with E-state index in [9.17, 15) is 0 Å². The van der Waals surface area contributed by atoms with Crippen molar-refractivity contribution in [1.82, 2.24) is 9.88 Å². The number of anilines is 1. The van der Waals surface area contributed by atoms with Crippen LogP contribution in [0.1, 0.15) is 25.7 Å². The molecule has 126 valence electrons. The van der Waals surface area contributed by atoms with E-state index in [0.717, 1.165) is 63.5 Å². The highest BCUT2D eigenvalue weighted by molar-refractivity contribution is 14.0. The number of nitrogens with two attached hydrogens (primary N) is 1. The number of halogens is 1. The molecule has 1 saturated heterocycles. The molecule has 1 aromatic heterocycles. The lowest BCUT2D eigenvalue weighted by molar-refractivity contribution is 0.282. The van der Waals surface area contributed by atoms with Crippen molar-refractivity contribution in [1.29, 1.82) is 0 Å². The summed E-state index contributed by atoms with van der Waals surface area (Å²) in [4.78, 5) is 13.2. The van der Waals surface area contributed by atoms with Gasteiger partial charge in [0.15, 0.2) is 11.1 Å². The van der Waals surface area contributed by atoms with Gasteiger partial charge < -0.3 is 20.6 Å². The van der Waals surface area contributed by atoms with Gasteiger partial charge in [-0.3, -0.25) is 4.99 Å². The number of aliphatic hydroxyl groups excluding tert-OH is 1. The standard InChI is InChI=1S/C14H25N5OS.HI/c15-13(16-5-3-1-2-4-11-20)18-7-9-19(10-8-18)14-17-6-12-21-14;/h6,12,20H,1-5,7-11H2,(H2,15,16);1H. The molecule has 0 aliphatic carbocycles. The van der Waals surface area contributed by atoms with Crippen molar-refractivity contribution in [2.24, 2.45) is 10.7 Å². The van der Waals surface area contributed by atoms with Crippen LogP contribution < -0.4 is 10.6 Å². The molecule has 0 saturated carbocycles. The molecule has 0 amide bonds. The number of piperazine rings is 1. The third-order valence-corrected chi connectivity index (χ3v) is 4.47. The van der Waals surface area contributed by atoms with Gasteiger partial charge in [0.05, 0.1) is 0 Å². The lowest BCUT2D eigenvalue weighted by atomic mass is 10.2. The SMILES string of the molecule is I.NC(=NCCCCCCO)N1CCN(c2nccs2)CC1. The third kappa shape index (κ3) is 6.25. The lowest BCUT2D eigenvalue weighted by Crippen LogP contribution is -2.51. The maximum atomic E-state index is 8.71. The van der Waals surface area contributed by atoms with Gasteiger partial charge in [0.2, 0.25) is 0 Å². The first-order valence-corrected chi connectivity index (χ1v) is 8.49. The summed E-state index contributed by atoms with van der Waals surface area (Å²) < 4.78 is 0. The van der Waals surface area contributed by atoms with Crippen molar-refractivity contribution in [3.05, 3.63) is 11.6 Å². The summed E-state index contributed by atoms with van der Waals surface area (Å²) in [5.74, 6) is 0.663. The third-order valence-electron chi connectivity index (χ3n) is 3.63. The Hall–Kier alpha value is -0.610. The molecule has 0 spiro atoms. The van der Waals surface area contributed by atoms with E-state index in [2.05, 4.69) is 19.8 Å². The molecule has 1 aliphatic heterocycles. The van der Waals surface area contributed by atoms with E-state index in [-0.39, 0.29) is 30.6 Å². The summed E-state index contributed by atoms with van der Waals surface area (Å²) in [5.41, 5.74) is 6.06. The number of rotatable bonds is 7. The van der Waals surface area contributed by atoms with E-state index in [1.54, 1.807) is 11.3 Å². The van der Waals surface area contributed by atoms with Crippen molar-refractivity contribution >= 4 is 46.4 Å². The van der Waals surface area contributed by atoms with E-state index in [0.29, 0.717) is 5.96 Å². The summed E-state index contributed by atoms with van der Waals surface area (Å²) in [6.07, 6.45) is 5.95. The van der Waals surface area contributed by atoms with Gasteiger partial charge in [0, 0.05) is 50.9 Å². The largest absolute Gasteiger partial charge is 0.396 e. The second-order valence-corrected chi connectivity index (χ2v) is 6.04. The van der Waals surface area contributed by atoms with Crippen LogP contribution in [0.2, 0.25) is 0 Å². The fourth-order valence-electron chi connectivity index (χ4n) is 2.37. The predicted molar refractivity (Wildman–Crippen MR) is 103 cm³/mol. The van der Waals surface area contributed by atoms with Crippen LogP contribution in [-0.2, 0) is 0 Å². The maximum absolute atomic E-state index is 8.71. The highest BCUT2D eigenvalue weighted by atomic mass is 127. The first-order valence-electron chi connectivity index (χ1n) is 7.61. The second kappa shape index (κ2) is 11.0. The van der Waals surface area contributed by atoms with Crippen LogP contribution in [0.4, 0.5) is 5.13 Å². The Morgan fingerprint density at radius 2 is 1.95 bits per heavy atom. The van der Waals surface area contributed by atoms with Gasteiger partial charge in [-0.2, -0.15) is 0 Å². The topological polar surface area (TPSA) is 78.0 Å². The van der Waals surface area contributed by atoms with Gasteiger partial charge in [-0.05, 0) is 12.8 Å². The zero-order valence-electron chi connectivity index (χ0n) is 12.9. The molecule has 1 aromatic rings. The minimum absolute atomic E-state index is 0. The smallest absolute Gasteiger partial charge is 0.191 e. The normalized spacial score (nSPS) is 15.8. The molecular formula is C14H26IN5OS. The van der Waals surface area contributed by atoms with Gasteiger partial charge in [-0.1, -0.05) is 12.8 Å². The first kappa shape index (κ1) is 19.4. The fraction of sp³-hybridized carbons (Fsp3) is 0.714. The van der Waals surface area contributed by atoms with Crippen molar-refractivity contribution in [2.75, 3.05) is 44.2 Å².